The van der Waals surface area contributed by atoms with Crippen LogP contribution in [0.4, 0.5) is 11.4 Å². The number of anilines is 2. The van der Waals surface area contributed by atoms with Gasteiger partial charge in [0.1, 0.15) is 11.5 Å². The van der Waals surface area contributed by atoms with Gasteiger partial charge in [0.05, 0.1) is 30.0 Å². The fourth-order valence-corrected chi connectivity index (χ4v) is 2.26. The van der Waals surface area contributed by atoms with E-state index in [1.165, 1.54) is 0 Å². The van der Waals surface area contributed by atoms with Crippen molar-refractivity contribution in [3.05, 3.63) is 46.4 Å². The van der Waals surface area contributed by atoms with Gasteiger partial charge in [-0.2, -0.15) is 0 Å². The van der Waals surface area contributed by atoms with Crippen LogP contribution in [0.5, 0.6) is 11.5 Å². The van der Waals surface area contributed by atoms with Crippen LogP contribution in [0.25, 0.3) is 0 Å². The maximum atomic E-state index is 5.98. The third-order valence-corrected chi connectivity index (χ3v) is 3.83. The average molecular weight is 341 g/mol. The zero-order chi connectivity index (χ0) is 15.9. The Morgan fingerprint density at radius 3 is 2.32 bits per heavy atom. The maximum absolute atomic E-state index is 5.98. The first kappa shape index (κ1) is 16.6. The molecule has 0 bridgehead atoms. The minimum Gasteiger partial charge on any atom is -0.497 e. The SMILES string of the molecule is COc1ccc(OC)c(NCCNc2ccc(Cl)c(Cl)c2)c1. The van der Waals surface area contributed by atoms with Gasteiger partial charge in [-0.15, -0.1) is 0 Å². The summed E-state index contributed by atoms with van der Waals surface area (Å²) in [5.41, 5.74) is 1.81. The highest BCUT2D eigenvalue weighted by atomic mass is 35.5. The molecule has 0 fully saturated rings. The lowest BCUT2D eigenvalue weighted by Crippen LogP contribution is -2.14. The van der Waals surface area contributed by atoms with E-state index >= 15 is 0 Å². The molecule has 2 N–H and O–H groups in total. The standard InChI is InChI=1S/C16H18Cl2N2O2/c1-21-12-4-6-16(22-2)15(10-12)20-8-7-19-11-3-5-13(17)14(18)9-11/h3-6,9-10,19-20H,7-8H2,1-2H3. The maximum Gasteiger partial charge on any atom is 0.142 e. The van der Waals surface area contributed by atoms with E-state index in [9.17, 15) is 0 Å². The molecule has 0 unspecified atom stereocenters. The first-order valence-corrected chi connectivity index (χ1v) is 7.54. The van der Waals surface area contributed by atoms with Gasteiger partial charge in [-0.25, -0.2) is 0 Å². The van der Waals surface area contributed by atoms with Crippen LogP contribution < -0.4 is 20.1 Å². The quantitative estimate of drug-likeness (QED) is 0.726. The molecule has 0 aliphatic heterocycles. The summed E-state index contributed by atoms with van der Waals surface area (Å²) in [7, 11) is 3.28. The molecule has 0 atom stereocenters. The second kappa shape index (κ2) is 8.01. The van der Waals surface area contributed by atoms with Crippen molar-refractivity contribution >= 4 is 34.6 Å². The zero-order valence-corrected chi connectivity index (χ0v) is 14.0. The molecule has 0 aliphatic carbocycles. The number of rotatable bonds is 7. The van der Waals surface area contributed by atoms with Gasteiger partial charge in [0, 0.05) is 24.8 Å². The molecule has 6 heteroatoms. The van der Waals surface area contributed by atoms with Gasteiger partial charge >= 0.3 is 0 Å². The molecule has 0 saturated carbocycles. The van der Waals surface area contributed by atoms with Gasteiger partial charge in [-0.3, -0.25) is 0 Å². The van der Waals surface area contributed by atoms with Gasteiger partial charge < -0.3 is 20.1 Å². The molecule has 4 nitrogen and oxygen atoms in total. The summed E-state index contributed by atoms with van der Waals surface area (Å²) < 4.78 is 10.5. The van der Waals surface area contributed by atoms with E-state index in [1.54, 1.807) is 26.4 Å². The first-order valence-electron chi connectivity index (χ1n) is 6.79. The summed E-state index contributed by atoms with van der Waals surface area (Å²) in [4.78, 5) is 0. The van der Waals surface area contributed by atoms with Crippen molar-refractivity contribution in [3.8, 4) is 11.5 Å². The Labute approximate surface area is 140 Å². The molecule has 2 aromatic carbocycles. The first-order chi connectivity index (χ1) is 10.6. The highest BCUT2D eigenvalue weighted by Gasteiger charge is 2.04. The van der Waals surface area contributed by atoms with Crippen molar-refractivity contribution in [2.45, 2.75) is 0 Å². The van der Waals surface area contributed by atoms with Crippen LogP contribution in [-0.2, 0) is 0 Å². The smallest absolute Gasteiger partial charge is 0.142 e. The lowest BCUT2D eigenvalue weighted by Gasteiger charge is -2.13. The third-order valence-electron chi connectivity index (χ3n) is 3.10. The summed E-state index contributed by atoms with van der Waals surface area (Å²) >= 11 is 11.9. The van der Waals surface area contributed by atoms with Crippen molar-refractivity contribution in [2.75, 3.05) is 37.9 Å². The number of halogens is 2. The van der Waals surface area contributed by atoms with Crippen molar-refractivity contribution in [1.29, 1.82) is 0 Å². The summed E-state index contributed by atoms with van der Waals surface area (Å²) in [6, 6.07) is 11.1. The summed E-state index contributed by atoms with van der Waals surface area (Å²) in [5.74, 6) is 1.55. The highest BCUT2D eigenvalue weighted by molar-refractivity contribution is 6.42. The Hall–Kier alpha value is -1.78. The lowest BCUT2D eigenvalue weighted by atomic mass is 10.2. The van der Waals surface area contributed by atoms with Crippen LogP contribution in [0.1, 0.15) is 0 Å². The Kier molecular flexibility index (Phi) is 6.04. The van der Waals surface area contributed by atoms with Crippen LogP contribution in [-0.4, -0.2) is 27.3 Å². The Morgan fingerprint density at radius 2 is 1.64 bits per heavy atom. The zero-order valence-electron chi connectivity index (χ0n) is 12.5. The van der Waals surface area contributed by atoms with E-state index in [0.717, 1.165) is 29.4 Å². The van der Waals surface area contributed by atoms with Gasteiger partial charge in [0.25, 0.3) is 0 Å². The van der Waals surface area contributed by atoms with E-state index in [1.807, 2.05) is 24.3 Å². The monoisotopic (exact) mass is 340 g/mol. The van der Waals surface area contributed by atoms with Crippen molar-refractivity contribution < 1.29 is 9.47 Å². The van der Waals surface area contributed by atoms with E-state index < -0.39 is 0 Å². The predicted molar refractivity (Wildman–Crippen MR) is 93.0 cm³/mol. The number of methoxy groups -OCH3 is 2. The average Bonchev–Trinajstić information content (AvgIpc) is 2.54. The molecule has 22 heavy (non-hydrogen) atoms. The topological polar surface area (TPSA) is 42.5 Å². The second-order valence-electron chi connectivity index (χ2n) is 4.55. The normalized spacial score (nSPS) is 10.2. The number of ether oxygens (including phenoxy) is 2. The molecule has 0 amide bonds. The van der Waals surface area contributed by atoms with Crippen molar-refractivity contribution in [2.24, 2.45) is 0 Å². The molecular weight excluding hydrogens is 323 g/mol. The van der Waals surface area contributed by atoms with Crippen molar-refractivity contribution in [1.82, 2.24) is 0 Å². The minimum atomic E-state index is 0.536. The van der Waals surface area contributed by atoms with Gasteiger partial charge in [0.2, 0.25) is 0 Å². The molecule has 0 aliphatic rings. The van der Waals surface area contributed by atoms with E-state index in [0.29, 0.717) is 16.6 Å². The molecule has 0 aromatic heterocycles. The van der Waals surface area contributed by atoms with Gasteiger partial charge in [-0.05, 0) is 30.3 Å². The summed E-state index contributed by atoms with van der Waals surface area (Å²) in [6.07, 6.45) is 0. The van der Waals surface area contributed by atoms with E-state index in [2.05, 4.69) is 10.6 Å². The van der Waals surface area contributed by atoms with E-state index in [4.69, 9.17) is 32.7 Å². The molecular formula is C16H18Cl2N2O2. The Bertz CT molecular complexity index is 636. The predicted octanol–water partition coefficient (Wildman–Crippen LogP) is 4.53. The molecule has 0 saturated heterocycles. The minimum absolute atomic E-state index is 0.536. The van der Waals surface area contributed by atoms with Gasteiger partial charge in [-0.1, -0.05) is 23.2 Å². The molecule has 0 spiro atoms. The number of benzene rings is 2. The van der Waals surface area contributed by atoms with Crippen LogP contribution in [0.2, 0.25) is 10.0 Å². The third kappa shape index (κ3) is 4.36. The Morgan fingerprint density at radius 1 is 0.864 bits per heavy atom. The number of hydrogen-bond donors (Lipinski definition) is 2. The molecule has 0 radical (unpaired) electrons. The largest absolute Gasteiger partial charge is 0.497 e. The lowest BCUT2D eigenvalue weighted by molar-refractivity contribution is 0.404. The molecule has 2 aromatic rings. The van der Waals surface area contributed by atoms with Crippen molar-refractivity contribution in [3.63, 3.8) is 0 Å². The highest BCUT2D eigenvalue weighted by Crippen LogP contribution is 2.28. The summed E-state index contributed by atoms with van der Waals surface area (Å²) in [6.45, 7) is 1.43. The fourth-order valence-electron chi connectivity index (χ4n) is 1.96. The van der Waals surface area contributed by atoms with Crippen LogP contribution in [0.3, 0.4) is 0 Å². The molecule has 2 rings (SSSR count). The van der Waals surface area contributed by atoms with Crippen LogP contribution >= 0.6 is 23.2 Å². The number of hydrogen-bond acceptors (Lipinski definition) is 4. The Balaban J connectivity index is 1.89. The van der Waals surface area contributed by atoms with Crippen LogP contribution in [0.15, 0.2) is 36.4 Å². The van der Waals surface area contributed by atoms with Gasteiger partial charge in [0.15, 0.2) is 0 Å². The molecule has 0 heterocycles. The van der Waals surface area contributed by atoms with E-state index in [-0.39, 0.29) is 0 Å². The second-order valence-corrected chi connectivity index (χ2v) is 5.36. The fraction of sp³-hybridized carbons (Fsp3) is 0.250. The summed E-state index contributed by atoms with van der Waals surface area (Å²) in [5, 5.41) is 7.66. The number of nitrogens with one attached hydrogen (secondary N) is 2. The van der Waals surface area contributed by atoms with Crippen LogP contribution in [0, 0.1) is 0 Å². The molecule has 118 valence electrons.